The van der Waals surface area contributed by atoms with Gasteiger partial charge in [0, 0.05) is 31.9 Å². The quantitative estimate of drug-likeness (QED) is 0.518. The molecule has 0 spiro atoms. The molecular formula is C14H20N4O3. The Morgan fingerprint density at radius 2 is 1.95 bits per heavy atom. The lowest BCUT2D eigenvalue weighted by Crippen LogP contribution is -2.38. The minimum Gasteiger partial charge on any atom is -0.508 e. The molecule has 0 bridgehead atoms. The summed E-state index contributed by atoms with van der Waals surface area (Å²) in [5.74, 6) is -0.561. The molecule has 0 unspecified atom stereocenters. The minimum atomic E-state index is -0.369. The summed E-state index contributed by atoms with van der Waals surface area (Å²) >= 11 is 0. The fourth-order valence-electron chi connectivity index (χ4n) is 2.45. The molecule has 1 aliphatic rings. The van der Waals surface area contributed by atoms with E-state index < -0.39 is 0 Å². The smallest absolute Gasteiger partial charge is 0.256 e. The summed E-state index contributed by atoms with van der Waals surface area (Å²) in [5, 5.41) is 9.50. The highest BCUT2D eigenvalue weighted by Crippen LogP contribution is 2.20. The van der Waals surface area contributed by atoms with Crippen LogP contribution in [0.25, 0.3) is 0 Å². The summed E-state index contributed by atoms with van der Waals surface area (Å²) in [6.07, 6.45) is 0.762. The van der Waals surface area contributed by atoms with E-state index in [0.717, 1.165) is 13.0 Å². The Morgan fingerprint density at radius 1 is 1.19 bits per heavy atom. The molecule has 21 heavy (non-hydrogen) atoms. The normalized spacial score (nSPS) is 16.5. The number of primary amides is 1. The van der Waals surface area contributed by atoms with Gasteiger partial charge in [0.15, 0.2) is 0 Å². The van der Waals surface area contributed by atoms with Gasteiger partial charge in [-0.2, -0.15) is 0 Å². The number of rotatable bonds is 3. The number of phenolic OH excluding ortho intramolecular Hbond substituents is 1. The summed E-state index contributed by atoms with van der Waals surface area (Å²) in [6.45, 7) is 2.61. The van der Waals surface area contributed by atoms with Gasteiger partial charge < -0.3 is 21.5 Å². The third kappa shape index (κ3) is 3.85. The number of benzene rings is 1. The topological polar surface area (TPSA) is 113 Å². The SMILES string of the molecule is NC(=O)CN1CCCN(C(=O)c2cc(O)ccc2N)CC1. The van der Waals surface area contributed by atoms with E-state index in [0.29, 0.717) is 30.9 Å². The Hall–Kier alpha value is -2.28. The van der Waals surface area contributed by atoms with Crippen LogP contribution in [0.15, 0.2) is 18.2 Å². The number of nitrogen functional groups attached to an aromatic ring is 1. The van der Waals surface area contributed by atoms with Gasteiger partial charge in [-0.3, -0.25) is 14.5 Å². The zero-order valence-corrected chi connectivity index (χ0v) is 11.8. The summed E-state index contributed by atoms with van der Waals surface area (Å²) in [6, 6.07) is 4.34. The van der Waals surface area contributed by atoms with Gasteiger partial charge in [-0.05, 0) is 24.6 Å². The van der Waals surface area contributed by atoms with Gasteiger partial charge in [0.05, 0.1) is 12.1 Å². The number of aromatic hydroxyl groups is 1. The van der Waals surface area contributed by atoms with Crippen molar-refractivity contribution in [1.29, 1.82) is 0 Å². The van der Waals surface area contributed by atoms with Crippen molar-refractivity contribution in [3.63, 3.8) is 0 Å². The second-order valence-electron chi connectivity index (χ2n) is 5.16. The molecule has 1 aromatic carbocycles. The number of hydrogen-bond acceptors (Lipinski definition) is 5. The number of amides is 2. The number of carbonyl (C=O) groups excluding carboxylic acids is 2. The molecule has 0 aromatic heterocycles. The number of phenols is 1. The lowest BCUT2D eigenvalue weighted by atomic mass is 10.1. The molecule has 0 aliphatic carbocycles. The van der Waals surface area contributed by atoms with Crippen LogP contribution in [0.5, 0.6) is 5.75 Å². The number of hydrogen-bond donors (Lipinski definition) is 3. The zero-order valence-electron chi connectivity index (χ0n) is 11.8. The lowest BCUT2D eigenvalue weighted by Gasteiger charge is -2.22. The molecule has 1 fully saturated rings. The van der Waals surface area contributed by atoms with E-state index in [9.17, 15) is 14.7 Å². The van der Waals surface area contributed by atoms with E-state index >= 15 is 0 Å². The van der Waals surface area contributed by atoms with Crippen LogP contribution >= 0.6 is 0 Å². The van der Waals surface area contributed by atoms with Crippen LogP contribution in [-0.4, -0.2) is 59.4 Å². The van der Waals surface area contributed by atoms with Gasteiger partial charge in [0.1, 0.15) is 5.75 Å². The summed E-state index contributed by atoms with van der Waals surface area (Å²) < 4.78 is 0. The Balaban J connectivity index is 2.06. The van der Waals surface area contributed by atoms with Crippen molar-refractivity contribution in [1.82, 2.24) is 9.80 Å². The van der Waals surface area contributed by atoms with Crippen molar-refractivity contribution in [2.45, 2.75) is 6.42 Å². The maximum Gasteiger partial charge on any atom is 0.256 e. The van der Waals surface area contributed by atoms with E-state index in [-0.39, 0.29) is 24.1 Å². The first-order valence-corrected chi connectivity index (χ1v) is 6.86. The van der Waals surface area contributed by atoms with Crippen molar-refractivity contribution in [3.8, 4) is 5.75 Å². The van der Waals surface area contributed by atoms with Crippen molar-refractivity contribution in [2.75, 3.05) is 38.5 Å². The van der Waals surface area contributed by atoms with E-state index in [2.05, 4.69) is 0 Å². The Morgan fingerprint density at radius 3 is 2.67 bits per heavy atom. The molecule has 1 heterocycles. The fraction of sp³-hybridized carbons (Fsp3) is 0.429. The van der Waals surface area contributed by atoms with E-state index in [1.807, 2.05) is 4.90 Å². The Labute approximate surface area is 123 Å². The maximum absolute atomic E-state index is 12.5. The van der Waals surface area contributed by atoms with Gasteiger partial charge in [-0.15, -0.1) is 0 Å². The second kappa shape index (κ2) is 6.45. The van der Waals surface area contributed by atoms with E-state index in [1.165, 1.54) is 18.2 Å². The van der Waals surface area contributed by atoms with Crippen LogP contribution in [0.4, 0.5) is 5.69 Å². The monoisotopic (exact) mass is 292 g/mol. The summed E-state index contributed by atoms with van der Waals surface area (Å²) in [5.41, 5.74) is 11.6. The molecule has 114 valence electrons. The number of carbonyl (C=O) groups is 2. The number of anilines is 1. The average Bonchev–Trinajstić information content (AvgIpc) is 2.66. The maximum atomic E-state index is 12.5. The van der Waals surface area contributed by atoms with Crippen molar-refractivity contribution in [3.05, 3.63) is 23.8 Å². The van der Waals surface area contributed by atoms with Crippen LogP contribution in [0.1, 0.15) is 16.8 Å². The fourth-order valence-corrected chi connectivity index (χ4v) is 2.45. The third-order valence-electron chi connectivity index (χ3n) is 3.52. The number of nitrogens with two attached hydrogens (primary N) is 2. The number of nitrogens with zero attached hydrogens (tertiary/aromatic N) is 2. The van der Waals surface area contributed by atoms with Gasteiger partial charge in [0.25, 0.3) is 5.91 Å². The van der Waals surface area contributed by atoms with E-state index in [4.69, 9.17) is 11.5 Å². The molecule has 1 aromatic rings. The Bertz CT molecular complexity index is 547. The molecule has 7 heteroatoms. The largest absolute Gasteiger partial charge is 0.508 e. The molecule has 1 aliphatic heterocycles. The van der Waals surface area contributed by atoms with Gasteiger partial charge in [-0.25, -0.2) is 0 Å². The molecule has 0 saturated carbocycles. The lowest BCUT2D eigenvalue weighted by molar-refractivity contribution is -0.119. The average molecular weight is 292 g/mol. The molecule has 0 atom stereocenters. The highest BCUT2D eigenvalue weighted by Gasteiger charge is 2.22. The minimum absolute atomic E-state index is 0.0118. The molecule has 7 nitrogen and oxygen atoms in total. The molecule has 0 radical (unpaired) electrons. The van der Waals surface area contributed by atoms with Gasteiger partial charge >= 0.3 is 0 Å². The first-order valence-electron chi connectivity index (χ1n) is 6.86. The van der Waals surface area contributed by atoms with Crippen LogP contribution in [0, 0.1) is 0 Å². The van der Waals surface area contributed by atoms with E-state index in [1.54, 1.807) is 4.90 Å². The standard InChI is InChI=1S/C14H20N4O3/c15-12-3-2-10(19)8-11(12)14(21)18-5-1-4-17(6-7-18)9-13(16)20/h2-3,8,19H,1,4-7,9,15H2,(H2,16,20). The van der Waals surface area contributed by atoms with Crippen molar-refractivity contribution in [2.24, 2.45) is 5.73 Å². The summed E-state index contributed by atoms with van der Waals surface area (Å²) in [4.78, 5) is 27.1. The van der Waals surface area contributed by atoms with Crippen LogP contribution in [0.3, 0.4) is 0 Å². The van der Waals surface area contributed by atoms with Crippen molar-refractivity contribution >= 4 is 17.5 Å². The molecular weight excluding hydrogens is 272 g/mol. The highest BCUT2D eigenvalue weighted by atomic mass is 16.3. The zero-order chi connectivity index (χ0) is 15.4. The predicted molar refractivity (Wildman–Crippen MR) is 78.7 cm³/mol. The first-order chi connectivity index (χ1) is 9.97. The predicted octanol–water partition coefficient (Wildman–Crippen LogP) is -0.392. The van der Waals surface area contributed by atoms with Gasteiger partial charge in [-0.1, -0.05) is 0 Å². The third-order valence-corrected chi connectivity index (χ3v) is 3.52. The molecule has 5 N–H and O–H groups in total. The van der Waals surface area contributed by atoms with Crippen LogP contribution in [-0.2, 0) is 4.79 Å². The van der Waals surface area contributed by atoms with Gasteiger partial charge in [0.2, 0.25) is 5.91 Å². The Kier molecular flexibility index (Phi) is 4.64. The first kappa shape index (κ1) is 15.1. The second-order valence-corrected chi connectivity index (χ2v) is 5.16. The van der Waals surface area contributed by atoms with Crippen LogP contribution in [0.2, 0.25) is 0 Å². The molecule has 1 saturated heterocycles. The molecule has 2 rings (SSSR count). The van der Waals surface area contributed by atoms with Crippen molar-refractivity contribution < 1.29 is 14.7 Å². The van der Waals surface area contributed by atoms with Crippen LogP contribution < -0.4 is 11.5 Å². The molecule has 2 amide bonds. The summed E-state index contributed by atoms with van der Waals surface area (Å²) in [7, 11) is 0. The highest BCUT2D eigenvalue weighted by molar-refractivity contribution is 5.99.